The number of rotatable bonds is 3. The Bertz CT molecular complexity index is 311. The summed E-state index contributed by atoms with van der Waals surface area (Å²) in [5, 5.41) is 13.3. The van der Waals surface area contributed by atoms with Crippen LogP contribution in [0, 0.1) is 11.8 Å². The second-order valence-corrected chi connectivity index (χ2v) is 5.95. The van der Waals surface area contributed by atoms with Gasteiger partial charge in [-0.15, -0.1) is 0 Å². The van der Waals surface area contributed by atoms with E-state index in [0.29, 0.717) is 25.7 Å². The Kier molecular flexibility index (Phi) is 4.25. The highest BCUT2D eigenvalue weighted by Crippen LogP contribution is 2.31. The van der Waals surface area contributed by atoms with Crippen molar-refractivity contribution in [3.05, 3.63) is 0 Å². The summed E-state index contributed by atoms with van der Waals surface area (Å²) in [6.45, 7) is 3.31. The first-order valence-electron chi connectivity index (χ1n) is 6.83. The van der Waals surface area contributed by atoms with E-state index in [1.54, 1.807) is 0 Å². The summed E-state index contributed by atoms with van der Waals surface area (Å²) in [5.74, 6) is 0.166. The van der Waals surface area contributed by atoms with E-state index in [2.05, 4.69) is 12.2 Å². The molecule has 0 aromatic heterocycles. The van der Waals surface area contributed by atoms with Crippen molar-refractivity contribution in [2.75, 3.05) is 19.8 Å². The van der Waals surface area contributed by atoms with Crippen LogP contribution in [-0.2, 0) is 9.53 Å². The maximum Gasteiger partial charge on any atom is 0.227 e. The fourth-order valence-electron chi connectivity index (χ4n) is 3.02. The molecule has 2 fully saturated rings. The van der Waals surface area contributed by atoms with Crippen molar-refractivity contribution in [1.82, 2.24) is 5.32 Å². The van der Waals surface area contributed by atoms with Gasteiger partial charge >= 0.3 is 0 Å². The molecule has 4 N–H and O–H groups in total. The standard InChI is InChI=1S/C13H24N2O3/c1-9-3-2-4-13(17,5-9)8-15-12(16)10-6-18-7-11(10)14/h9-11,17H,2-8,14H2,1H3,(H,15,16). The largest absolute Gasteiger partial charge is 0.388 e. The van der Waals surface area contributed by atoms with Gasteiger partial charge in [-0.25, -0.2) is 0 Å². The van der Waals surface area contributed by atoms with Crippen LogP contribution in [0.3, 0.4) is 0 Å². The number of nitrogens with two attached hydrogens (primary N) is 1. The first-order chi connectivity index (χ1) is 8.50. The van der Waals surface area contributed by atoms with Gasteiger partial charge in [0.2, 0.25) is 5.91 Å². The fraction of sp³-hybridized carbons (Fsp3) is 0.923. The highest BCUT2D eigenvalue weighted by Gasteiger charge is 2.35. The average Bonchev–Trinajstić information content (AvgIpc) is 2.72. The molecule has 5 nitrogen and oxygen atoms in total. The molecule has 0 aromatic rings. The molecule has 1 amide bonds. The minimum absolute atomic E-state index is 0.0911. The zero-order valence-electron chi connectivity index (χ0n) is 11.0. The minimum Gasteiger partial charge on any atom is -0.388 e. The summed E-state index contributed by atoms with van der Waals surface area (Å²) in [6.07, 6.45) is 3.72. The van der Waals surface area contributed by atoms with E-state index < -0.39 is 5.60 Å². The van der Waals surface area contributed by atoms with Crippen molar-refractivity contribution in [3.63, 3.8) is 0 Å². The Morgan fingerprint density at radius 3 is 2.94 bits per heavy atom. The third kappa shape index (κ3) is 3.22. The van der Waals surface area contributed by atoms with Gasteiger partial charge in [0.15, 0.2) is 0 Å². The van der Waals surface area contributed by atoms with Crippen LogP contribution in [0.1, 0.15) is 32.6 Å². The third-order valence-corrected chi connectivity index (χ3v) is 4.12. The van der Waals surface area contributed by atoms with Gasteiger partial charge in [-0.05, 0) is 18.8 Å². The van der Waals surface area contributed by atoms with Gasteiger partial charge in [0, 0.05) is 12.6 Å². The van der Waals surface area contributed by atoms with Crippen LogP contribution in [-0.4, -0.2) is 42.4 Å². The Morgan fingerprint density at radius 2 is 2.33 bits per heavy atom. The number of nitrogens with one attached hydrogen (secondary N) is 1. The molecule has 1 aliphatic carbocycles. The van der Waals surface area contributed by atoms with Crippen molar-refractivity contribution in [2.24, 2.45) is 17.6 Å². The highest BCUT2D eigenvalue weighted by molar-refractivity contribution is 5.79. The van der Waals surface area contributed by atoms with Crippen molar-refractivity contribution in [2.45, 2.75) is 44.2 Å². The molecule has 18 heavy (non-hydrogen) atoms. The van der Waals surface area contributed by atoms with Crippen LogP contribution < -0.4 is 11.1 Å². The van der Waals surface area contributed by atoms with Gasteiger partial charge in [0.1, 0.15) is 0 Å². The number of carbonyl (C=O) groups is 1. The summed E-state index contributed by atoms with van der Waals surface area (Å²) in [5.41, 5.74) is 5.06. The van der Waals surface area contributed by atoms with Crippen molar-refractivity contribution in [1.29, 1.82) is 0 Å². The lowest BCUT2D eigenvalue weighted by Gasteiger charge is -2.35. The molecular weight excluding hydrogens is 232 g/mol. The molecule has 1 heterocycles. The van der Waals surface area contributed by atoms with Crippen molar-refractivity contribution >= 4 is 5.91 Å². The molecule has 0 radical (unpaired) electrons. The van der Waals surface area contributed by atoms with Gasteiger partial charge < -0.3 is 20.9 Å². The molecule has 1 saturated carbocycles. The second kappa shape index (κ2) is 5.55. The number of hydrogen-bond acceptors (Lipinski definition) is 4. The van der Waals surface area contributed by atoms with Gasteiger partial charge in [-0.3, -0.25) is 4.79 Å². The maximum absolute atomic E-state index is 11.9. The van der Waals surface area contributed by atoms with Gasteiger partial charge in [-0.2, -0.15) is 0 Å². The number of amides is 1. The number of hydrogen-bond donors (Lipinski definition) is 3. The van der Waals surface area contributed by atoms with Gasteiger partial charge in [0.05, 0.1) is 24.7 Å². The van der Waals surface area contributed by atoms with Crippen LogP contribution in [0.15, 0.2) is 0 Å². The quantitative estimate of drug-likeness (QED) is 0.664. The lowest BCUT2D eigenvalue weighted by atomic mass is 9.79. The SMILES string of the molecule is CC1CCCC(O)(CNC(=O)C2COCC2N)C1. The van der Waals surface area contributed by atoms with Crippen molar-refractivity contribution in [3.8, 4) is 0 Å². The Balaban J connectivity index is 1.81. The van der Waals surface area contributed by atoms with Crippen molar-refractivity contribution < 1.29 is 14.6 Å². The molecule has 5 heteroatoms. The summed E-state index contributed by atoms with van der Waals surface area (Å²) in [6, 6.07) is -0.218. The molecule has 1 aliphatic heterocycles. The van der Waals surface area contributed by atoms with Crippen LogP contribution in [0.4, 0.5) is 0 Å². The van der Waals surface area contributed by atoms with E-state index in [-0.39, 0.29) is 17.9 Å². The van der Waals surface area contributed by atoms with Crippen LogP contribution in [0.2, 0.25) is 0 Å². The smallest absolute Gasteiger partial charge is 0.227 e. The topological polar surface area (TPSA) is 84.6 Å². The summed E-state index contributed by atoms with van der Waals surface area (Å²) in [4.78, 5) is 11.9. The zero-order valence-corrected chi connectivity index (χ0v) is 11.0. The predicted molar refractivity (Wildman–Crippen MR) is 67.9 cm³/mol. The van der Waals surface area contributed by atoms with Crippen LogP contribution >= 0.6 is 0 Å². The van der Waals surface area contributed by atoms with E-state index in [1.165, 1.54) is 0 Å². The molecule has 2 aliphatic rings. The van der Waals surface area contributed by atoms with E-state index in [4.69, 9.17) is 10.5 Å². The molecule has 0 bridgehead atoms. The minimum atomic E-state index is -0.739. The first kappa shape index (κ1) is 13.8. The van der Waals surface area contributed by atoms with E-state index >= 15 is 0 Å². The number of carbonyl (C=O) groups excluding carboxylic acids is 1. The number of ether oxygens (including phenoxy) is 1. The normalized spacial score (nSPS) is 40.7. The van der Waals surface area contributed by atoms with Crippen LogP contribution in [0.25, 0.3) is 0 Å². The lowest BCUT2D eigenvalue weighted by molar-refractivity contribution is -0.127. The summed E-state index contributed by atoms with van der Waals surface area (Å²) < 4.78 is 5.18. The van der Waals surface area contributed by atoms with E-state index in [9.17, 15) is 9.90 Å². The first-order valence-corrected chi connectivity index (χ1v) is 6.83. The van der Waals surface area contributed by atoms with E-state index in [0.717, 1.165) is 25.7 Å². The molecule has 0 spiro atoms. The zero-order chi connectivity index (χ0) is 13.2. The van der Waals surface area contributed by atoms with Gasteiger partial charge in [0.25, 0.3) is 0 Å². The molecule has 104 valence electrons. The summed E-state index contributed by atoms with van der Waals surface area (Å²) in [7, 11) is 0. The van der Waals surface area contributed by atoms with Gasteiger partial charge in [-0.1, -0.05) is 19.8 Å². The average molecular weight is 256 g/mol. The molecule has 2 rings (SSSR count). The monoisotopic (exact) mass is 256 g/mol. The fourth-order valence-corrected chi connectivity index (χ4v) is 3.02. The Labute approximate surface area is 108 Å². The van der Waals surface area contributed by atoms with Crippen LogP contribution in [0.5, 0.6) is 0 Å². The van der Waals surface area contributed by atoms with E-state index in [1.807, 2.05) is 0 Å². The lowest BCUT2D eigenvalue weighted by Crippen LogP contribution is -2.49. The third-order valence-electron chi connectivity index (χ3n) is 4.12. The predicted octanol–water partition coefficient (Wildman–Crippen LogP) is 0.0175. The molecule has 0 aromatic carbocycles. The number of aliphatic hydroxyl groups is 1. The molecule has 4 atom stereocenters. The molecular formula is C13H24N2O3. The Morgan fingerprint density at radius 1 is 1.56 bits per heavy atom. The highest BCUT2D eigenvalue weighted by atomic mass is 16.5. The summed E-state index contributed by atoms with van der Waals surface area (Å²) >= 11 is 0. The Hall–Kier alpha value is -0.650. The molecule has 1 saturated heterocycles. The second-order valence-electron chi connectivity index (χ2n) is 5.95. The maximum atomic E-state index is 11.9. The molecule has 4 unspecified atom stereocenters.